The number of halogens is 1. The molecule has 4 aromatic rings. The number of rotatable bonds is 3. The molecule has 0 radical (unpaired) electrons. The number of benzene rings is 2. The lowest BCUT2D eigenvalue weighted by Gasteiger charge is -2.28. The predicted molar refractivity (Wildman–Crippen MR) is 129 cm³/mol. The summed E-state index contributed by atoms with van der Waals surface area (Å²) < 4.78 is 0.969. The maximum atomic E-state index is 13.2. The summed E-state index contributed by atoms with van der Waals surface area (Å²) in [6, 6.07) is 15.2. The SMILES string of the molecule is Cc1c(NC(=O)c2sc3ccccc3c2Cl)cccc1C(=O)N1CCc2sccc2C1. The van der Waals surface area contributed by atoms with Crippen LogP contribution in [-0.2, 0) is 13.0 Å². The van der Waals surface area contributed by atoms with E-state index in [4.69, 9.17) is 11.6 Å². The van der Waals surface area contributed by atoms with E-state index in [-0.39, 0.29) is 11.8 Å². The summed E-state index contributed by atoms with van der Waals surface area (Å²) in [5.74, 6) is -0.273. The average molecular weight is 467 g/mol. The summed E-state index contributed by atoms with van der Waals surface area (Å²) in [7, 11) is 0. The van der Waals surface area contributed by atoms with Crippen molar-refractivity contribution in [3.8, 4) is 0 Å². The van der Waals surface area contributed by atoms with Gasteiger partial charge in [-0.1, -0.05) is 35.9 Å². The highest BCUT2D eigenvalue weighted by Gasteiger charge is 2.25. The third-order valence-corrected chi connectivity index (χ3v) is 8.35. The molecule has 156 valence electrons. The maximum Gasteiger partial charge on any atom is 0.267 e. The van der Waals surface area contributed by atoms with Gasteiger partial charge in [0, 0.05) is 39.3 Å². The molecule has 1 aliphatic heterocycles. The van der Waals surface area contributed by atoms with Crippen molar-refractivity contribution in [1.29, 1.82) is 0 Å². The number of hydrogen-bond acceptors (Lipinski definition) is 4. The topological polar surface area (TPSA) is 49.4 Å². The fourth-order valence-corrected chi connectivity index (χ4v) is 6.24. The van der Waals surface area contributed by atoms with Gasteiger partial charge in [0.05, 0.1) is 5.02 Å². The number of amides is 2. The lowest BCUT2D eigenvalue weighted by atomic mass is 10.0. The van der Waals surface area contributed by atoms with E-state index in [1.807, 2.05) is 54.3 Å². The van der Waals surface area contributed by atoms with Gasteiger partial charge in [-0.15, -0.1) is 22.7 Å². The smallest absolute Gasteiger partial charge is 0.267 e. The van der Waals surface area contributed by atoms with E-state index in [0.717, 1.165) is 22.1 Å². The molecule has 0 saturated carbocycles. The van der Waals surface area contributed by atoms with Gasteiger partial charge in [0.2, 0.25) is 0 Å². The molecule has 5 rings (SSSR count). The quantitative estimate of drug-likeness (QED) is 0.381. The first-order valence-corrected chi connectivity index (χ1v) is 12.0. The summed E-state index contributed by atoms with van der Waals surface area (Å²) in [5, 5.41) is 6.37. The minimum atomic E-state index is -0.264. The standard InChI is InChI=1S/C24H19ClN2O2S2/c1-14-16(24(29)27-11-9-19-15(13-27)10-12-30-19)6-4-7-18(14)26-23(28)22-21(25)17-5-2-3-8-20(17)31-22/h2-8,10,12H,9,11,13H2,1H3,(H,26,28). The van der Waals surface area contributed by atoms with Crippen LogP contribution < -0.4 is 5.32 Å². The molecule has 0 aliphatic carbocycles. The van der Waals surface area contributed by atoms with E-state index in [9.17, 15) is 9.59 Å². The Morgan fingerprint density at radius 2 is 1.94 bits per heavy atom. The van der Waals surface area contributed by atoms with E-state index in [2.05, 4.69) is 16.8 Å². The van der Waals surface area contributed by atoms with E-state index >= 15 is 0 Å². The second-order valence-electron chi connectivity index (χ2n) is 7.52. The summed E-state index contributed by atoms with van der Waals surface area (Å²) in [5.41, 5.74) is 3.22. The van der Waals surface area contributed by atoms with E-state index < -0.39 is 0 Å². The molecule has 7 heteroatoms. The van der Waals surface area contributed by atoms with Crippen molar-refractivity contribution in [2.24, 2.45) is 0 Å². The van der Waals surface area contributed by atoms with Gasteiger partial charge in [-0.25, -0.2) is 0 Å². The zero-order chi connectivity index (χ0) is 21.5. The molecule has 4 nitrogen and oxygen atoms in total. The van der Waals surface area contributed by atoms with Crippen LogP contribution in [0.15, 0.2) is 53.9 Å². The first kappa shape index (κ1) is 20.2. The Kier molecular flexibility index (Phi) is 5.30. The number of thiophene rings is 2. The van der Waals surface area contributed by atoms with Crippen molar-refractivity contribution in [2.45, 2.75) is 19.9 Å². The lowest BCUT2D eigenvalue weighted by molar-refractivity contribution is 0.0735. The van der Waals surface area contributed by atoms with Crippen LogP contribution in [0.4, 0.5) is 5.69 Å². The molecule has 2 aromatic heterocycles. The second-order valence-corrected chi connectivity index (χ2v) is 9.95. The van der Waals surface area contributed by atoms with Crippen molar-refractivity contribution in [2.75, 3.05) is 11.9 Å². The summed E-state index contributed by atoms with van der Waals surface area (Å²) in [4.78, 5) is 29.9. The first-order valence-electron chi connectivity index (χ1n) is 9.95. The van der Waals surface area contributed by atoms with Crippen LogP contribution >= 0.6 is 34.3 Å². The number of anilines is 1. The van der Waals surface area contributed by atoms with Crippen LogP contribution in [0.1, 0.15) is 36.0 Å². The van der Waals surface area contributed by atoms with Crippen molar-refractivity contribution >= 4 is 61.9 Å². The Hall–Kier alpha value is -2.67. The normalized spacial score (nSPS) is 13.3. The zero-order valence-corrected chi connectivity index (χ0v) is 19.2. The largest absolute Gasteiger partial charge is 0.334 e. The van der Waals surface area contributed by atoms with Crippen molar-refractivity contribution in [1.82, 2.24) is 4.90 Å². The minimum Gasteiger partial charge on any atom is -0.334 e. The van der Waals surface area contributed by atoms with Gasteiger partial charge in [0.15, 0.2) is 0 Å². The Morgan fingerprint density at radius 3 is 2.77 bits per heavy atom. The van der Waals surface area contributed by atoms with Crippen LogP contribution in [0.25, 0.3) is 10.1 Å². The maximum absolute atomic E-state index is 13.2. The van der Waals surface area contributed by atoms with Crippen molar-refractivity contribution < 1.29 is 9.59 Å². The summed E-state index contributed by atoms with van der Waals surface area (Å²) in [6.45, 7) is 3.21. The highest BCUT2D eigenvalue weighted by Crippen LogP contribution is 2.36. The van der Waals surface area contributed by atoms with E-state index in [1.54, 1.807) is 11.3 Å². The van der Waals surface area contributed by atoms with E-state index in [1.165, 1.54) is 21.8 Å². The minimum absolute atomic E-state index is 0.00894. The molecular weight excluding hydrogens is 448 g/mol. The third kappa shape index (κ3) is 3.65. The van der Waals surface area contributed by atoms with Crippen LogP contribution in [-0.4, -0.2) is 23.3 Å². The molecule has 0 atom stereocenters. The highest BCUT2D eigenvalue weighted by molar-refractivity contribution is 7.21. The van der Waals surface area contributed by atoms with Gasteiger partial charge in [-0.3, -0.25) is 9.59 Å². The van der Waals surface area contributed by atoms with Gasteiger partial charge < -0.3 is 10.2 Å². The number of hydrogen-bond donors (Lipinski definition) is 1. The first-order chi connectivity index (χ1) is 15.0. The van der Waals surface area contributed by atoms with Gasteiger partial charge in [0.25, 0.3) is 11.8 Å². The molecule has 1 aliphatic rings. The Balaban J connectivity index is 1.40. The molecule has 0 fully saturated rings. The molecule has 2 amide bonds. The fraction of sp³-hybridized carbons (Fsp3) is 0.167. The zero-order valence-electron chi connectivity index (χ0n) is 16.8. The molecule has 3 heterocycles. The summed E-state index contributed by atoms with van der Waals surface area (Å²) in [6.07, 6.45) is 0.888. The monoisotopic (exact) mass is 466 g/mol. The van der Waals surface area contributed by atoms with Crippen LogP contribution in [0.5, 0.6) is 0 Å². The Morgan fingerprint density at radius 1 is 1.10 bits per heavy atom. The third-order valence-electron chi connectivity index (χ3n) is 5.65. The van der Waals surface area contributed by atoms with Crippen LogP contribution in [0.2, 0.25) is 5.02 Å². The van der Waals surface area contributed by atoms with Gasteiger partial charge >= 0.3 is 0 Å². The molecule has 0 unspecified atom stereocenters. The lowest BCUT2D eigenvalue weighted by Crippen LogP contribution is -2.35. The van der Waals surface area contributed by atoms with Gasteiger partial charge in [-0.05, 0) is 54.1 Å². The molecule has 0 bridgehead atoms. The predicted octanol–water partition coefficient (Wildman–Crippen LogP) is 6.38. The van der Waals surface area contributed by atoms with Crippen LogP contribution in [0, 0.1) is 6.92 Å². The molecule has 31 heavy (non-hydrogen) atoms. The molecule has 2 aromatic carbocycles. The highest BCUT2D eigenvalue weighted by atomic mass is 35.5. The summed E-state index contributed by atoms with van der Waals surface area (Å²) >= 11 is 9.58. The van der Waals surface area contributed by atoms with Gasteiger partial charge in [-0.2, -0.15) is 0 Å². The fourth-order valence-electron chi connectivity index (χ4n) is 3.93. The number of nitrogens with one attached hydrogen (secondary N) is 1. The molecule has 0 spiro atoms. The van der Waals surface area contributed by atoms with Gasteiger partial charge in [0.1, 0.15) is 4.88 Å². The molecule has 1 N–H and O–H groups in total. The Labute approximate surface area is 193 Å². The van der Waals surface area contributed by atoms with Crippen molar-refractivity contribution in [3.05, 3.63) is 85.4 Å². The van der Waals surface area contributed by atoms with E-state index in [0.29, 0.717) is 34.2 Å². The number of fused-ring (bicyclic) bond motifs is 2. The molecular formula is C24H19ClN2O2S2. The molecule has 0 saturated heterocycles. The number of carbonyl (C=O) groups is 2. The number of nitrogens with zero attached hydrogens (tertiary/aromatic N) is 1. The van der Waals surface area contributed by atoms with Crippen molar-refractivity contribution in [3.63, 3.8) is 0 Å². The number of carbonyl (C=O) groups excluding carboxylic acids is 2. The second kappa shape index (κ2) is 8.11. The Bertz CT molecular complexity index is 1320. The van der Waals surface area contributed by atoms with Crippen LogP contribution in [0.3, 0.4) is 0 Å². The average Bonchev–Trinajstić information content (AvgIpc) is 3.39.